The average molecular weight is 273 g/mol. The van der Waals surface area contributed by atoms with E-state index in [-0.39, 0.29) is 17.7 Å². The van der Waals surface area contributed by atoms with E-state index in [1.54, 1.807) is 6.92 Å². The molecule has 0 bridgehead atoms. The van der Waals surface area contributed by atoms with Crippen molar-refractivity contribution in [2.75, 3.05) is 0 Å². The minimum absolute atomic E-state index is 0.0409. The minimum Gasteiger partial charge on any atom is -0.481 e. The van der Waals surface area contributed by atoms with Gasteiger partial charge < -0.3 is 9.67 Å². The van der Waals surface area contributed by atoms with E-state index < -0.39 is 24.4 Å². The van der Waals surface area contributed by atoms with Gasteiger partial charge in [-0.15, -0.1) is 0 Å². The molecule has 0 aliphatic heterocycles. The summed E-state index contributed by atoms with van der Waals surface area (Å²) in [7, 11) is 0. The molecule has 0 aromatic carbocycles. The number of aryl methyl sites for hydroxylation is 2. The topological polar surface area (TPSA) is 68.0 Å². The van der Waals surface area contributed by atoms with E-state index in [9.17, 15) is 18.0 Å². The van der Waals surface area contributed by atoms with Gasteiger partial charge in [-0.25, -0.2) is 9.97 Å². The molecule has 8 heteroatoms. The van der Waals surface area contributed by atoms with Gasteiger partial charge in [0.15, 0.2) is 5.65 Å². The number of hydrogen-bond donors (Lipinski definition) is 1. The van der Waals surface area contributed by atoms with E-state index in [2.05, 4.69) is 9.97 Å². The third kappa shape index (κ3) is 2.67. The van der Waals surface area contributed by atoms with Gasteiger partial charge in [0.2, 0.25) is 5.82 Å². The zero-order chi connectivity index (χ0) is 14.2. The second-order valence-electron chi connectivity index (χ2n) is 4.08. The average Bonchev–Trinajstić information content (AvgIpc) is 2.63. The monoisotopic (exact) mass is 273 g/mol. The molecule has 0 aliphatic rings. The molecule has 1 N–H and O–H groups in total. The molecule has 2 aromatic rings. The molecule has 0 fully saturated rings. The van der Waals surface area contributed by atoms with Crippen molar-refractivity contribution in [2.45, 2.75) is 26.1 Å². The second kappa shape index (κ2) is 4.52. The number of fused-ring (bicyclic) bond motifs is 1. The summed E-state index contributed by atoms with van der Waals surface area (Å²) in [5.74, 6) is -2.30. The predicted molar refractivity (Wildman–Crippen MR) is 59.5 cm³/mol. The van der Waals surface area contributed by atoms with Gasteiger partial charge in [-0.05, 0) is 18.6 Å². The van der Waals surface area contributed by atoms with Gasteiger partial charge in [-0.3, -0.25) is 4.79 Å². The van der Waals surface area contributed by atoms with E-state index in [1.807, 2.05) is 0 Å². The Kier molecular flexibility index (Phi) is 3.17. The van der Waals surface area contributed by atoms with Crippen molar-refractivity contribution in [2.24, 2.45) is 0 Å². The minimum atomic E-state index is -4.65. The molecule has 0 aliphatic carbocycles. The van der Waals surface area contributed by atoms with Gasteiger partial charge in [-0.2, -0.15) is 13.2 Å². The van der Waals surface area contributed by atoms with Crippen molar-refractivity contribution in [1.29, 1.82) is 0 Å². The summed E-state index contributed by atoms with van der Waals surface area (Å²) in [6.07, 6.45) is -3.65. The van der Waals surface area contributed by atoms with E-state index in [1.165, 1.54) is 12.3 Å². The van der Waals surface area contributed by atoms with Crippen LogP contribution in [0.2, 0.25) is 0 Å². The molecule has 0 spiro atoms. The Labute approximate surface area is 105 Å². The third-order valence-corrected chi connectivity index (χ3v) is 2.52. The number of aromatic nitrogens is 3. The summed E-state index contributed by atoms with van der Waals surface area (Å²) < 4.78 is 39.4. The highest BCUT2D eigenvalue weighted by molar-refractivity contribution is 5.73. The van der Waals surface area contributed by atoms with Crippen molar-refractivity contribution in [3.8, 4) is 0 Å². The van der Waals surface area contributed by atoms with E-state index in [0.29, 0.717) is 5.56 Å². The van der Waals surface area contributed by atoms with Crippen LogP contribution in [0, 0.1) is 6.92 Å². The molecule has 0 radical (unpaired) electrons. The molecule has 19 heavy (non-hydrogen) atoms. The first kappa shape index (κ1) is 13.3. The van der Waals surface area contributed by atoms with Crippen molar-refractivity contribution in [1.82, 2.24) is 14.5 Å². The van der Waals surface area contributed by atoms with E-state index in [0.717, 1.165) is 4.57 Å². The Morgan fingerprint density at radius 1 is 1.47 bits per heavy atom. The Balaban J connectivity index is 2.58. The maximum Gasteiger partial charge on any atom is 0.449 e. The van der Waals surface area contributed by atoms with Gasteiger partial charge in [0.25, 0.3) is 0 Å². The van der Waals surface area contributed by atoms with E-state index >= 15 is 0 Å². The molecule has 2 rings (SSSR count). The zero-order valence-electron chi connectivity index (χ0n) is 9.90. The molecule has 2 heterocycles. The number of nitrogens with zero attached hydrogens (tertiary/aromatic N) is 3. The van der Waals surface area contributed by atoms with Crippen LogP contribution in [0.15, 0.2) is 12.3 Å². The first-order valence-electron chi connectivity index (χ1n) is 5.41. The fourth-order valence-electron chi connectivity index (χ4n) is 1.75. The van der Waals surface area contributed by atoms with Gasteiger partial charge >= 0.3 is 12.1 Å². The number of rotatable bonds is 3. The Morgan fingerprint density at radius 3 is 2.74 bits per heavy atom. The van der Waals surface area contributed by atoms with Crippen molar-refractivity contribution in [3.05, 3.63) is 23.7 Å². The standard InChI is InChI=1S/C11H10F3N3O2/c1-6-4-7-9(15-5-6)17(3-2-8(18)19)10(16-7)11(12,13)14/h4-5H,2-3H2,1H3,(H,18,19). The molecule has 0 saturated heterocycles. The number of hydrogen-bond acceptors (Lipinski definition) is 3. The second-order valence-corrected chi connectivity index (χ2v) is 4.08. The molecule has 102 valence electrons. The molecule has 0 unspecified atom stereocenters. The first-order chi connectivity index (χ1) is 8.79. The van der Waals surface area contributed by atoms with Crippen LogP contribution < -0.4 is 0 Å². The van der Waals surface area contributed by atoms with Gasteiger partial charge in [0.1, 0.15) is 5.52 Å². The normalized spacial score (nSPS) is 12.0. The van der Waals surface area contributed by atoms with Crippen LogP contribution in [0.1, 0.15) is 17.8 Å². The SMILES string of the molecule is Cc1cnc2c(c1)nc(C(F)(F)F)n2CCC(=O)O. The maximum absolute atomic E-state index is 12.9. The molecule has 0 saturated carbocycles. The lowest BCUT2D eigenvalue weighted by atomic mass is 10.3. The zero-order valence-corrected chi connectivity index (χ0v) is 9.90. The number of alkyl halides is 3. The number of imidazole rings is 1. The number of carbonyl (C=O) groups is 1. The number of carboxylic acid groups (broad SMARTS) is 1. The Bertz CT molecular complexity index is 634. The van der Waals surface area contributed by atoms with Crippen molar-refractivity contribution >= 4 is 17.1 Å². The predicted octanol–water partition coefficient (Wildman–Crippen LogP) is 2.23. The maximum atomic E-state index is 12.9. The first-order valence-corrected chi connectivity index (χ1v) is 5.41. The summed E-state index contributed by atoms with van der Waals surface area (Å²) in [5.41, 5.74) is 0.834. The quantitative estimate of drug-likeness (QED) is 0.931. The lowest BCUT2D eigenvalue weighted by Crippen LogP contribution is -2.16. The lowest BCUT2D eigenvalue weighted by molar-refractivity contribution is -0.148. The van der Waals surface area contributed by atoms with Crippen LogP contribution in [0.3, 0.4) is 0 Å². The fourth-order valence-corrected chi connectivity index (χ4v) is 1.75. The van der Waals surface area contributed by atoms with Crippen LogP contribution in [0.25, 0.3) is 11.2 Å². The molecule has 5 nitrogen and oxygen atoms in total. The summed E-state index contributed by atoms with van der Waals surface area (Å²) in [4.78, 5) is 17.9. The molecule has 0 amide bonds. The summed E-state index contributed by atoms with van der Waals surface area (Å²) in [6, 6.07) is 1.48. The summed E-state index contributed by atoms with van der Waals surface area (Å²) in [5, 5.41) is 8.59. The molecular formula is C11H10F3N3O2. The molecule has 0 atom stereocenters. The summed E-state index contributed by atoms with van der Waals surface area (Å²) >= 11 is 0. The van der Waals surface area contributed by atoms with E-state index in [4.69, 9.17) is 5.11 Å². The highest BCUT2D eigenvalue weighted by Gasteiger charge is 2.37. The highest BCUT2D eigenvalue weighted by atomic mass is 19.4. The van der Waals surface area contributed by atoms with Crippen LogP contribution in [0.5, 0.6) is 0 Å². The van der Waals surface area contributed by atoms with Crippen molar-refractivity contribution < 1.29 is 23.1 Å². The third-order valence-electron chi connectivity index (χ3n) is 2.52. The van der Waals surface area contributed by atoms with Crippen LogP contribution >= 0.6 is 0 Å². The van der Waals surface area contributed by atoms with Crippen LogP contribution in [-0.4, -0.2) is 25.6 Å². The van der Waals surface area contributed by atoms with Gasteiger partial charge in [0.05, 0.1) is 6.42 Å². The molecule has 2 aromatic heterocycles. The highest BCUT2D eigenvalue weighted by Crippen LogP contribution is 2.31. The van der Waals surface area contributed by atoms with Crippen molar-refractivity contribution in [3.63, 3.8) is 0 Å². The number of pyridine rings is 1. The smallest absolute Gasteiger partial charge is 0.449 e. The van der Waals surface area contributed by atoms with Gasteiger partial charge in [-0.1, -0.05) is 0 Å². The number of aliphatic carboxylic acids is 1. The number of carboxylic acids is 1. The summed E-state index contributed by atoms with van der Waals surface area (Å²) in [6.45, 7) is 1.37. The number of halogens is 3. The Hall–Kier alpha value is -2.12. The lowest BCUT2D eigenvalue weighted by Gasteiger charge is -2.09. The molecular weight excluding hydrogens is 263 g/mol. The Morgan fingerprint density at radius 2 is 2.16 bits per heavy atom. The van der Waals surface area contributed by atoms with Gasteiger partial charge in [0, 0.05) is 12.7 Å². The largest absolute Gasteiger partial charge is 0.481 e. The fraction of sp³-hybridized carbons (Fsp3) is 0.364. The van der Waals surface area contributed by atoms with Crippen LogP contribution in [-0.2, 0) is 17.5 Å². The van der Waals surface area contributed by atoms with Crippen LogP contribution in [0.4, 0.5) is 13.2 Å².